The quantitative estimate of drug-likeness (QED) is 0.467. The van der Waals surface area contributed by atoms with Gasteiger partial charge in [-0.05, 0) is 30.4 Å². The van der Waals surface area contributed by atoms with Gasteiger partial charge in [-0.1, -0.05) is 65.8 Å². The highest BCUT2D eigenvalue weighted by molar-refractivity contribution is 7.13. The molecule has 1 fully saturated rings. The Balaban J connectivity index is 1.71. The normalized spacial score (nSPS) is 19.8. The number of β-amino-alcohol motifs (C(OH)–C–C–N with tert-alkyl or cyclic N) is 1. The SMILES string of the molecule is Cc1ncsc1-c1ccc([C@H](C)NC(=O)[C@@H]2C[C@@H](O)CN2C(=O)[C@@H](NCC(=O)C(C)(C)C)C(C)(C)C)cc1. The fourth-order valence-corrected chi connectivity index (χ4v) is 5.40. The minimum Gasteiger partial charge on any atom is -0.391 e. The van der Waals surface area contributed by atoms with E-state index in [0.717, 1.165) is 21.7 Å². The summed E-state index contributed by atoms with van der Waals surface area (Å²) >= 11 is 1.59. The molecule has 0 radical (unpaired) electrons. The highest BCUT2D eigenvalue weighted by Crippen LogP contribution is 2.29. The molecule has 0 saturated carbocycles. The molecule has 1 aromatic heterocycles. The van der Waals surface area contributed by atoms with Crippen LogP contribution < -0.4 is 10.6 Å². The Kier molecular flexibility index (Phi) is 9.16. The molecule has 0 spiro atoms. The summed E-state index contributed by atoms with van der Waals surface area (Å²) < 4.78 is 0. The smallest absolute Gasteiger partial charge is 0.243 e. The van der Waals surface area contributed by atoms with Gasteiger partial charge in [-0.3, -0.25) is 19.7 Å². The number of carbonyl (C=O) groups is 3. The molecule has 2 aromatic rings. The van der Waals surface area contributed by atoms with Gasteiger partial charge in [0.15, 0.2) is 5.78 Å². The molecule has 1 aliphatic rings. The van der Waals surface area contributed by atoms with Gasteiger partial charge in [0.1, 0.15) is 6.04 Å². The summed E-state index contributed by atoms with van der Waals surface area (Å²) in [5.74, 6) is -0.586. The van der Waals surface area contributed by atoms with E-state index in [-0.39, 0.29) is 43.1 Å². The van der Waals surface area contributed by atoms with Gasteiger partial charge in [0, 0.05) is 18.4 Å². The highest BCUT2D eigenvalue weighted by atomic mass is 32.1. The maximum Gasteiger partial charge on any atom is 0.243 e. The number of aliphatic hydroxyl groups is 1. The first kappa shape index (κ1) is 29.9. The van der Waals surface area contributed by atoms with Crippen LogP contribution in [0.1, 0.15) is 72.2 Å². The van der Waals surface area contributed by atoms with Gasteiger partial charge in [-0.2, -0.15) is 0 Å². The van der Waals surface area contributed by atoms with E-state index in [2.05, 4.69) is 15.6 Å². The zero-order valence-corrected chi connectivity index (χ0v) is 24.6. The Morgan fingerprint density at radius 1 is 1.13 bits per heavy atom. The number of thiazole rings is 1. The van der Waals surface area contributed by atoms with E-state index in [1.807, 2.05) is 85.2 Å². The first-order valence-electron chi connectivity index (χ1n) is 13.2. The van der Waals surface area contributed by atoms with Crippen LogP contribution in [0.4, 0.5) is 0 Å². The molecule has 2 heterocycles. The molecule has 3 rings (SSSR count). The van der Waals surface area contributed by atoms with Crippen molar-refractivity contribution in [3.05, 3.63) is 41.0 Å². The number of likely N-dealkylation sites (tertiary alicyclic amines) is 1. The Labute approximate surface area is 230 Å². The molecule has 9 heteroatoms. The summed E-state index contributed by atoms with van der Waals surface area (Å²) in [6.07, 6.45) is -0.616. The summed E-state index contributed by atoms with van der Waals surface area (Å²) in [6.45, 7) is 15.3. The molecule has 0 aliphatic carbocycles. The Morgan fingerprint density at radius 2 is 1.76 bits per heavy atom. The number of aryl methyl sites for hydroxylation is 1. The van der Waals surface area contributed by atoms with Gasteiger partial charge in [-0.15, -0.1) is 11.3 Å². The standard InChI is InChI=1S/C29H42N4O4S/c1-17(19-9-11-20(12-10-19)24-18(2)31-16-38-24)32-26(36)22-13-21(34)15-33(22)27(37)25(29(6,7)8)30-14-23(35)28(3,4)5/h9-12,16-17,21-22,25,30,34H,13-15H2,1-8H3,(H,32,36)/t17-,21+,22-,25+/m0/s1. The molecule has 8 nitrogen and oxygen atoms in total. The zero-order valence-electron chi connectivity index (χ0n) is 23.8. The van der Waals surface area contributed by atoms with E-state index in [4.69, 9.17) is 0 Å². The topological polar surface area (TPSA) is 112 Å². The number of benzene rings is 1. The van der Waals surface area contributed by atoms with Crippen LogP contribution in [-0.4, -0.2) is 63.9 Å². The molecular weight excluding hydrogens is 500 g/mol. The second-order valence-corrected chi connectivity index (χ2v) is 13.2. The molecule has 4 atom stereocenters. The lowest BCUT2D eigenvalue weighted by molar-refractivity contribution is -0.142. The highest BCUT2D eigenvalue weighted by Gasteiger charge is 2.44. The molecule has 2 amide bonds. The largest absolute Gasteiger partial charge is 0.391 e. The van der Waals surface area contributed by atoms with E-state index in [1.54, 1.807) is 11.3 Å². The van der Waals surface area contributed by atoms with E-state index in [1.165, 1.54) is 4.90 Å². The van der Waals surface area contributed by atoms with Crippen molar-refractivity contribution in [2.24, 2.45) is 10.8 Å². The number of ketones is 1. The second kappa shape index (κ2) is 11.6. The first-order valence-corrected chi connectivity index (χ1v) is 14.0. The molecule has 1 aliphatic heterocycles. The molecule has 0 bridgehead atoms. The van der Waals surface area contributed by atoms with Gasteiger partial charge < -0.3 is 15.3 Å². The number of aromatic nitrogens is 1. The third kappa shape index (κ3) is 7.07. The number of aliphatic hydroxyl groups excluding tert-OH is 1. The lowest BCUT2D eigenvalue weighted by Crippen LogP contribution is -2.57. The van der Waals surface area contributed by atoms with Crippen LogP contribution in [0.25, 0.3) is 10.4 Å². The summed E-state index contributed by atoms with van der Waals surface area (Å²) in [7, 11) is 0. The molecule has 0 unspecified atom stereocenters. The summed E-state index contributed by atoms with van der Waals surface area (Å²) in [5, 5.41) is 16.6. The number of nitrogens with one attached hydrogen (secondary N) is 2. The Bertz CT molecular complexity index is 1150. The van der Waals surface area contributed by atoms with Gasteiger partial charge in [0.25, 0.3) is 0 Å². The van der Waals surface area contributed by atoms with Crippen molar-refractivity contribution in [2.45, 2.75) is 86.0 Å². The molecule has 208 valence electrons. The van der Waals surface area contributed by atoms with Gasteiger partial charge in [0.2, 0.25) is 11.8 Å². The summed E-state index contributed by atoms with van der Waals surface area (Å²) in [6, 6.07) is 6.25. The summed E-state index contributed by atoms with van der Waals surface area (Å²) in [4.78, 5) is 46.5. The molecule has 38 heavy (non-hydrogen) atoms. The van der Waals surface area contributed by atoms with Crippen molar-refractivity contribution in [2.75, 3.05) is 13.1 Å². The number of hydrogen-bond donors (Lipinski definition) is 3. The number of rotatable bonds is 8. The molecule has 3 N–H and O–H groups in total. The number of hydrogen-bond acceptors (Lipinski definition) is 7. The lowest BCUT2D eigenvalue weighted by Gasteiger charge is -2.36. The zero-order chi connectivity index (χ0) is 28.4. The predicted molar refractivity (Wildman–Crippen MR) is 151 cm³/mol. The van der Waals surface area contributed by atoms with E-state index in [0.29, 0.717) is 0 Å². The minimum atomic E-state index is -0.788. The van der Waals surface area contributed by atoms with E-state index >= 15 is 0 Å². The number of nitrogens with zero attached hydrogens (tertiary/aromatic N) is 2. The van der Waals surface area contributed by atoms with Crippen LogP contribution in [0, 0.1) is 17.8 Å². The van der Waals surface area contributed by atoms with Crippen LogP contribution in [-0.2, 0) is 14.4 Å². The van der Waals surface area contributed by atoms with Crippen molar-refractivity contribution in [3.8, 4) is 10.4 Å². The maximum absolute atomic E-state index is 13.7. The number of carbonyl (C=O) groups excluding carboxylic acids is 3. The minimum absolute atomic E-state index is 0.000597. The van der Waals surface area contributed by atoms with Crippen molar-refractivity contribution in [1.29, 1.82) is 0 Å². The van der Waals surface area contributed by atoms with Gasteiger partial charge in [-0.25, -0.2) is 4.98 Å². The van der Waals surface area contributed by atoms with Crippen molar-refractivity contribution < 1.29 is 19.5 Å². The van der Waals surface area contributed by atoms with Crippen molar-refractivity contribution in [1.82, 2.24) is 20.5 Å². The van der Waals surface area contributed by atoms with Crippen molar-refractivity contribution in [3.63, 3.8) is 0 Å². The van der Waals surface area contributed by atoms with Crippen LogP contribution in [0.2, 0.25) is 0 Å². The average Bonchev–Trinajstić information content (AvgIpc) is 3.43. The van der Waals surface area contributed by atoms with Crippen LogP contribution in [0.3, 0.4) is 0 Å². The third-order valence-corrected chi connectivity index (χ3v) is 8.04. The fraction of sp³-hybridized carbons (Fsp3) is 0.586. The Morgan fingerprint density at radius 3 is 2.29 bits per heavy atom. The van der Waals surface area contributed by atoms with E-state index in [9.17, 15) is 19.5 Å². The summed E-state index contributed by atoms with van der Waals surface area (Å²) in [5.41, 5.74) is 3.80. The van der Waals surface area contributed by atoms with Crippen molar-refractivity contribution >= 4 is 28.9 Å². The first-order chi connectivity index (χ1) is 17.6. The third-order valence-electron chi connectivity index (χ3n) is 7.06. The van der Waals surface area contributed by atoms with Gasteiger partial charge >= 0.3 is 0 Å². The fourth-order valence-electron chi connectivity index (χ4n) is 4.59. The van der Waals surface area contributed by atoms with Crippen LogP contribution in [0.5, 0.6) is 0 Å². The van der Waals surface area contributed by atoms with Crippen LogP contribution in [0.15, 0.2) is 29.8 Å². The van der Waals surface area contributed by atoms with Crippen LogP contribution >= 0.6 is 11.3 Å². The maximum atomic E-state index is 13.7. The molecule has 1 saturated heterocycles. The molecular formula is C29H42N4O4S. The average molecular weight is 543 g/mol. The monoisotopic (exact) mass is 542 g/mol. The molecule has 1 aromatic carbocycles. The van der Waals surface area contributed by atoms with E-state index < -0.39 is 29.0 Å². The lowest BCUT2D eigenvalue weighted by atomic mass is 9.84. The predicted octanol–water partition coefficient (Wildman–Crippen LogP) is 3.88. The Hall–Kier alpha value is -2.62. The number of Topliss-reactive ketones (excluding diaryl/α,β-unsaturated/α-hetero) is 1. The van der Waals surface area contributed by atoms with Gasteiger partial charge in [0.05, 0.1) is 40.8 Å². The number of amides is 2. The second-order valence-electron chi connectivity index (χ2n) is 12.4.